The van der Waals surface area contributed by atoms with Gasteiger partial charge in [0.15, 0.2) is 5.65 Å². The fourth-order valence-electron chi connectivity index (χ4n) is 4.35. The highest BCUT2D eigenvalue weighted by Gasteiger charge is 2.34. The number of benzene rings is 2. The number of hydrogen-bond acceptors (Lipinski definition) is 7. The summed E-state index contributed by atoms with van der Waals surface area (Å²) in [5, 5.41) is 16.2. The van der Waals surface area contributed by atoms with Crippen LogP contribution in [0.4, 0.5) is 5.82 Å². The number of nitrogens with two attached hydrogens (primary N) is 2. The van der Waals surface area contributed by atoms with Gasteiger partial charge in [-0.2, -0.15) is 5.10 Å². The lowest BCUT2D eigenvalue weighted by molar-refractivity contribution is -0.0000241. The van der Waals surface area contributed by atoms with Gasteiger partial charge in [0.2, 0.25) is 0 Å². The van der Waals surface area contributed by atoms with Gasteiger partial charge in [0.1, 0.15) is 29.3 Å². The van der Waals surface area contributed by atoms with Crippen molar-refractivity contribution in [3.05, 3.63) is 60.9 Å². The summed E-state index contributed by atoms with van der Waals surface area (Å²) < 4.78 is 7.84. The highest BCUT2D eigenvalue weighted by Crippen LogP contribution is 2.38. The third kappa shape index (κ3) is 3.79. The number of hydrogen-bond donors (Lipinski definition) is 3. The summed E-state index contributed by atoms with van der Waals surface area (Å²) in [4.78, 5) is 8.68. The minimum absolute atomic E-state index is 0.119. The Morgan fingerprint density at radius 2 is 1.69 bits per heavy atom. The molecule has 0 amide bonds. The van der Waals surface area contributed by atoms with E-state index in [1.165, 1.54) is 6.33 Å². The van der Waals surface area contributed by atoms with Crippen LogP contribution in [0.1, 0.15) is 31.7 Å². The van der Waals surface area contributed by atoms with Crippen molar-refractivity contribution in [3.63, 3.8) is 0 Å². The molecule has 0 aliphatic heterocycles. The molecule has 2 aromatic carbocycles. The Hall–Kier alpha value is -3.49. The van der Waals surface area contributed by atoms with E-state index in [-0.39, 0.29) is 12.6 Å². The second-order valence-electron chi connectivity index (χ2n) is 8.35. The largest absolute Gasteiger partial charge is 0.457 e. The van der Waals surface area contributed by atoms with E-state index in [4.69, 9.17) is 21.3 Å². The van der Waals surface area contributed by atoms with E-state index in [9.17, 15) is 5.11 Å². The molecule has 0 bridgehead atoms. The van der Waals surface area contributed by atoms with E-state index in [0.29, 0.717) is 24.3 Å². The standard InChI is InChI=1S/C24H26N6O2/c25-14-24(31)12-10-17(11-13-24)30-23-20(22(26)27-15-28-23)21(29-30)16-6-8-19(9-7-16)32-18-4-2-1-3-5-18/h1-9,15,17,31H,10-14,25H2,(H2,26,27,28)/t17-,24-. The van der Waals surface area contributed by atoms with Crippen molar-refractivity contribution in [3.8, 4) is 22.8 Å². The molecule has 2 heterocycles. The molecular weight excluding hydrogens is 404 g/mol. The van der Waals surface area contributed by atoms with E-state index in [1.54, 1.807) is 0 Å². The molecule has 32 heavy (non-hydrogen) atoms. The predicted octanol–water partition coefficient (Wildman–Crippen LogP) is 3.67. The zero-order chi connectivity index (χ0) is 22.1. The number of rotatable bonds is 5. The average Bonchev–Trinajstić information content (AvgIpc) is 3.22. The van der Waals surface area contributed by atoms with Crippen molar-refractivity contribution in [1.82, 2.24) is 19.7 Å². The fraction of sp³-hybridized carbons (Fsp3) is 0.292. The average molecular weight is 431 g/mol. The van der Waals surface area contributed by atoms with Crippen LogP contribution >= 0.6 is 0 Å². The van der Waals surface area contributed by atoms with Crippen molar-refractivity contribution in [1.29, 1.82) is 0 Å². The van der Waals surface area contributed by atoms with E-state index in [0.717, 1.165) is 41.0 Å². The summed E-state index contributed by atoms with van der Waals surface area (Å²) in [5.41, 5.74) is 13.6. The summed E-state index contributed by atoms with van der Waals surface area (Å²) >= 11 is 0. The van der Waals surface area contributed by atoms with Crippen molar-refractivity contribution in [2.75, 3.05) is 12.3 Å². The van der Waals surface area contributed by atoms with Crippen LogP contribution in [0.5, 0.6) is 11.5 Å². The van der Waals surface area contributed by atoms with Crippen LogP contribution in [0, 0.1) is 0 Å². The van der Waals surface area contributed by atoms with E-state index >= 15 is 0 Å². The topological polar surface area (TPSA) is 125 Å². The monoisotopic (exact) mass is 430 g/mol. The Morgan fingerprint density at radius 3 is 2.38 bits per heavy atom. The van der Waals surface area contributed by atoms with Gasteiger partial charge >= 0.3 is 0 Å². The summed E-state index contributed by atoms with van der Waals surface area (Å²) in [6.45, 7) is 0.275. The number of aromatic nitrogens is 4. The number of anilines is 1. The van der Waals surface area contributed by atoms with Gasteiger partial charge in [-0.3, -0.25) is 0 Å². The van der Waals surface area contributed by atoms with Crippen LogP contribution in [0.15, 0.2) is 60.9 Å². The Bertz CT molecular complexity index is 1210. The normalized spacial score (nSPS) is 21.0. The number of para-hydroxylation sites is 1. The first-order chi connectivity index (χ1) is 15.6. The third-order valence-corrected chi connectivity index (χ3v) is 6.24. The lowest BCUT2D eigenvalue weighted by Crippen LogP contribution is -2.41. The summed E-state index contributed by atoms with van der Waals surface area (Å²) in [5.74, 6) is 1.92. The molecule has 0 saturated heterocycles. The first-order valence-corrected chi connectivity index (χ1v) is 10.8. The number of ether oxygens (including phenoxy) is 1. The maximum absolute atomic E-state index is 10.5. The van der Waals surface area contributed by atoms with Crippen molar-refractivity contribution >= 4 is 16.9 Å². The molecule has 1 fully saturated rings. The van der Waals surface area contributed by atoms with Crippen molar-refractivity contribution in [2.45, 2.75) is 37.3 Å². The molecular formula is C24H26N6O2. The van der Waals surface area contributed by atoms with Crippen LogP contribution in [-0.4, -0.2) is 37.0 Å². The fourth-order valence-corrected chi connectivity index (χ4v) is 4.35. The van der Waals surface area contributed by atoms with Gasteiger partial charge in [0, 0.05) is 12.1 Å². The van der Waals surface area contributed by atoms with Crippen LogP contribution in [0.3, 0.4) is 0 Å². The van der Waals surface area contributed by atoms with Crippen LogP contribution in [-0.2, 0) is 0 Å². The van der Waals surface area contributed by atoms with Crippen LogP contribution < -0.4 is 16.2 Å². The van der Waals surface area contributed by atoms with Gasteiger partial charge in [-0.05, 0) is 62.1 Å². The molecule has 0 spiro atoms. The molecule has 164 valence electrons. The van der Waals surface area contributed by atoms with Gasteiger partial charge < -0.3 is 21.3 Å². The first kappa shape index (κ1) is 20.4. The van der Waals surface area contributed by atoms with Crippen LogP contribution in [0.25, 0.3) is 22.3 Å². The van der Waals surface area contributed by atoms with Gasteiger partial charge in [-0.25, -0.2) is 14.6 Å². The quantitative estimate of drug-likeness (QED) is 0.441. The van der Waals surface area contributed by atoms with Gasteiger partial charge in [-0.1, -0.05) is 18.2 Å². The number of nitrogens with zero attached hydrogens (tertiary/aromatic N) is 4. The minimum Gasteiger partial charge on any atom is -0.457 e. The second-order valence-corrected chi connectivity index (χ2v) is 8.35. The van der Waals surface area contributed by atoms with E-state index in [1.807, 2.05) is 59.3 Å². The predicted molar refractivity (Wildman–Crippen MR) is 123 cm³/mol. The Morgan fingerprint density at radius 1 is 1.00 bits per heavy atom. The first-order valence-electron chi connectivity index (χ1n) is 10.8. The Labute approximate surface area is 185 Å². The number of nitrogen functional groups attached to an aromatic ring is 1. The molecule has 1 aliphatic carbocycles. The van der Waals surface area contributed by atoms with Gasteiger partial charge in [-0.15, -0.1) is 0 Å². The maximum atomic E-state index is 10.5. The summed E-state index contributed by atoms with van der Waals surface area (Å²) in [6, 6.07) is 17.5. The summed E-state index contributed by atoms with van der Waals surface area (Å²) in [6.07, 6.45) is 4.29. The molecule has 0 radical (unpaired) electrons. The zero-order valence-corrected chi connectivity index (χ0v) is 17.7. The second kappa shape index (κ2) is 8.22. The zero-order valence-electron chi connectivity index (χ0n) is 17.7. The number of aliphatic hydroxyl groups is 1. The van der Waals surface area contributed by atoms with Crippen LogP contribution in [0.2, 0.25) is 0 Å². The van der Waals surface area contributed by atoms with Crippen molar-refractivity contribution in [2.24, 2.45) is 5.73 Å². The van der Waals surface area contributed by atoms with Gasteiger partial charge in [0.05, 0.1) is 17.0 Å². The van der Waals surface area contributed by atoms with Gasteiger partial charge in [0.25, 0.3) is 0 Å². The lowest BCUT2D eigenvalue weighted by Gasteiger charge is -2.35. The molecule has 0 atom stereocenters. The Kier molecular flexibility index (Phi) is 5.24. The van der Waals surface area contributed by atoms with Crippen molar-refractivity contribution < 1.29 is 9.84 Å². The molecule has 5 N–H and O–H groups in total. The molecule has 8 nitrogen and oxygen atoms in total. The molecule has 5 rings (SSSR count). The number of fused-ring (bicyclic) bond motifs is 1. The third-order valence-electron chi connectivity index (χ3n) is 6.24. The van der Waals surface area contributed by atoms with E-state index < -0.39 is 5.60 Å². The Balaban J connectivity index is 1.48. The molecule has 4 aromatic rings. The van der Waals surface area contributed by atoms with E-state index in [2.05, 4.69) is 9.97 Å². The molecule has 8 heteroatoms. The summed E-state index contributed by atoms with van der Waals surface area (Å²) in [7, 11) is 0. The molecule has 1 aliphatic rings. The molecule has 2 aromatic heterocycles. The highest BCUT2D eigenvalue weighted by molar-refractivity contribution is 5.98. The maximum Gasteiger partial charge on any atom is 0.164 e. The minimum atomic E-state index is -0.787. The lowest BCUT2D eigenvalue weighted by atomic mass is 9.82. The smallest absolute Gasteiger partial charge is 0.164 e. The highest BCUT2D eigenvalue weighted by atomic mass is 16.5. The molecule has 0 unspecified atom stereocenters. The SMILES string of the molecule is NC[C@]1(O)CC[C@H](n2nc(-c3ccc(Oc4ccccc4)cc3)c3c(N)ncnc32)CC1. The molecule has 1 saturated carbocycles.